The van der Waals surface area contributed by atoms with Crippen molar-refractivity contribution in [3.8, 4) is 0 Å². The molecule has 0 aliphatic heterocycles. The van der Waals surface area contributed by atoms with E-state index in [0.717, 1.165) is 96.3 Å². The van der Waals surface area contributed by atoms with Crippen LogP contribution in [0, 0.1) is 0 Å². The van der Waals surface area contributed by atoms with E-state index in [0.29, 0.717) is 19.3 Å². The van der Waals surface area contributed by atoms with Crippen molar-refractivity contribution < 1.29 is 24.5 Å². The van der Waals surface area contributed by atoms with E-state index in [2.05, 4.69) is 99.0 Å². The van der Waals surface area contributed by atoms with Crippen molar-refractivity contribution in [2.45, 2.75) is 277 Å². The van der Waals surface area contributed by atoms with Crippen LogP contribution >= 0.6 is 0 Å². The summed E-state index contributed by atoms with van der Waals surface area (Å²) in [6.07, 6.45) is 65.4. The van der Waals surface area contributed by atoms with Gasteiger partial charge in [0.15, 0.2) is 0 Å². The van der Waals surface area contributed by atoms with E-state index in [1.54, 1.807) is 0 Å². The zero-order chi connectivity index (χ0) is 46.7. The second-order valence-electron chi connectivity index (χ2n) is 18.3. The number of ether oxygens (including phenoxy) is 1. The predicted molar refractivity (Wildman–Crippen MR) is 278 cm³/mol. The summed E-state index contributed by atoms with van der Waals surface area (Å²) >= 11 is 0. The minimum absolute atomic E-state index is 0.0568. The topological polar surface area (TPSA) is 95.9 Å². The molecule has 0 bridgehead atoms. The number of rotatable bonds is 48. The van der Waals surface area contributed by atoms with E-state index in [4.69, 9.17) is 4.74 Å². The predicted octanol–water partition coefficient (Wildman–Crippen LogP) is 16.6. The van der Waals surface area contributed by atoms with E-state index >= 15 is 0 Å². The Labute approximate surface area is 396 Å². The molecule has 0 rings (SSSR count). The third-order valence-corrected chi connectivity index (χ3v) is 12.2. The smallest absolute Gasteiger partial charge is 0.306 e. The summed E-state index contributed by atoms with van der Waals surface area (Å²) in [5.74, 6) is -0.507. The Kier molecular flexibility index (Phi) is 49.1. The number of carbonyl (C=O) groups excluding carboxylic acids is 2. The number of hydrogen-bond acceptors (Lipinski definition) is 5. The van der Waals surface area contributed by atoms with Gasteiger partial charge in [-0.05, 0) is 64.2 Å². The number of aliphatic hydroxyl groups is 2. The van der Waals surface area contributed by atoms with Crippen LogP contribution in [0.5, 0.6) is 0 Å². The summed E-state index contributed by atoms with van der Waals surface area (Å²) in [7, 11) is 0. The van der Waals surface area contributed by atoms with Crippen molar-refractivity contribution in [3.63, 3.8) is 0 Å². The van der Waals surface area contributed by atoms with Gasteiger partial charge < -0.3 is 20.3 Å². The summed E-state index contributed by atoms with van der Waals surface area (Å²) in [6.45, 7) is 6.23. The van der Waals surface area contributed by atoms with Gasteiger partial charge in [-0.1, -0.05) is 254 Å². The lowest BCUT2D eigenvalue weighted by molar-refractivity contribution is -0.151. The van der Waals surface area contributed by atoms with Crippen molar-refractivity contribution >= 4 is 11.9 Å². The first-order chi connectivity index (χ1) is 31.5. The zero-order valence-corrected chi connectivity index (χ0v) is 42.1. The summed E-state index contributed by atoms with van der Waals surface area (Å²) in [6, 6.07) is -0.714. The van der Waals surface area contributed by atoms with Crippen LogP contribution in [0.4, 0.5) is 0 Å². The van der Waals surface area contributed by atoms with Crippen LogP contribution in [0.15, 0.2) is 72.9 Å². The Balaban J connectivity index is 4.55. The van der Waals surface area contributed by atoms with Crippen LogP contribution < -0.4 is 5.32 Å². The molecular formula is C58H103NO5. The van der Waals surface area contributed by atoms with Crippen LogP contribution in [-0.4, -0.2) is 46.9 Å². The third-order valence-electron chi connectivity index (χ3n) is 12.2. The van der Waals surface area contributed by atoms with Gasteiger partial charge in [-0.3, -0.25) is 9.59 Å². The maximum absolute atomic E-state index is 13.2. The molecular weight excluding hydrogens is 791 g/mol. The fourth-order valence-electron chi connectivity index (χ4n) is 8.08. The fraction of sp³-hybridized carbons (Fsp3) is 0.759. The molecule has 0 aliphatic carbocycles. The van der Waals surface area contributed by atoms with Gasteiger partial charge in [-0.15, -0.1) is 0 Å². The molecule has 0 radical (unpaired) electrons. The van der Waals surface area contributed by atoms with Crippen molar-refractivity contribution in [2.24, 2.45) is 0 Å². The van der Waals surface area contributed by atoms with Gasteiger partial charge in [-0.2, -0.15) is 0 Å². The van der Waals surface area contributed by atoms with Crippen LogP contribution in [0.3, 0.4) is 0 Å². The molecule has 3 unspecified atom stereocenters. The number of carbonyl (C=O) groups is 2. The first kappa shape index (κ1) is 61.3. The Morgan fingerprint density at radius 1 is 0.469 bits per heavy atom. The lowest BCUT2D eigenvalue weighted by Gasteiger charge is -2.24. The first-order valence-electron chi connectivity index (χ1n) is 27.2. The van der Waals surface area contributed by atoms with E-state index in [-0.39, 0.29) is 24.9 Å². The van der Waals surface area contributed by atoms with Crippen LogP contribution in [0.25, 0.3) is 0 Å². The van der Waals surface area contributed by atoms with E-state index in [1.807, 2.05) is 0 Å². The van der Waals surface area contributed by atoms with Crippen LogP contribution in [0.1, 0.15) is 258 Å². The molecule has 3 N–H and O–H groups in total. The van der Waals surface area contributed by atoms with Crippen LogP contribution in [0.2, 0.25) is 0 Å². The maximum Gasteiger partial charge on any atom is 0.306 e. The van der Waals surface area contributed by atoms with E-state index < -0.39 is 18.2 Å². The monoisotopic (exact) mass is 894 g/mol. The molecule has 0 aromatic heterocycles. The highest BCUT2D eigenvalue weighted by Crippen LogP contribution is 2.18. The first-order valence-corrected chi connectivity index (χ1v) is 27.2. The lowest BCUT2D eigenvalue weighted by Crippen LogP contribution is -2.46. The molecule has 6 heteroatoms. The maximum atomic E-state index is 13.2. The van der Waals surface area contributed by atoms with E-state index in [9.17, 15) is 19.8 Å². The number of esters is 1. The van der Waals surface area contributed by atoms with Gasteiger partial charge in [0, 0.05) is 6.42 Å². The average molecular weight is 894 g/mol. The summed E-state index contributed by atoms with van der Waals surface area (Å²) in [4.78, 5) is 26.2. The van der Waals surface area contributed by atoms with Crippen molar-refractivity contribution in [1.29, 1.82) is 0 Å². The van der Waals surface area contributed by atoms with Gasteiger partial charge in [0.2, 0.25) is 5.91 Å². The minimum atomic E-state index is -0.799. The molecule has 0 spiro atoms. The second kappa shape index (κ2) is 51.3. The second-order valence-corrected chi connectivity index (χ2v) is 18.3. The summed E-state index contributed by atoms with van der Waals surface area (Å²) in [5.41, 5.74) is 0. The average Bonchev–Trinajstić information content (AvgIpc) is 3.29. The molecule has 0 heterocycles. The zero-order valence-electron chi connectivity index (χ0n) is 42.1. The molecule has 0 saturated heterocycles. The Bertz CT molecular complexity index is 1190. The molecule has 0 aliphatic rings. The number of allylic oxidation sites excluding steroid dienone is 12. The number of nitrogens with one attached hydrogen (secondary N) is 1. The Hall–Kier alpha value is -2.70. The van der Waals surface area contributed by atoms with Crippen molar-refractivity contribution in [3.05, 3.63) is 72.9 Å². The summed E-state index contributed by atoms with van der Waals surface area (Å²) < 4.78 is 5.93. The van der Waals surface area contributed by atoms with Gasteiger partial charge in [0.25, 0.3) is 0 Å². The molecule has 64 heavy (non-hydrogen) atoms. The SMILES string of the molecule is CC/C=C/C=C/C=C/CCCCCCCCCC(=O)OC(CCCCCCC/C=C/C=C/C=C/CC)CC(=O)NC(CO)C(O)CCCCCCCCCCCCCCCCCCC. The van der Waals surface area contributed by atoms with E-state index in [1.165, 1.54) is 116 Å². The number of aliphatic hydroxyl groups excluding tert-OH is 2. The Morgan fingerprint density at radius 2 is 0.844 bits per heavy atom. The molecule has 0 aromatic rings. The normalized spacial score (nSPS) is 13.8. The Morgan fingerprint density at radius 3 is 1.27 bits per heavy atom. The quantitative estimate of drug-likeness (QED) is 0.0321. The third kappa shape index (κ3) is 45.9. The number of unbranched alkanes of at least 4 members (excludes halogenated alkanes) is 28. The van der Waals surface area contributed by atoms with Crippen LogP contribution in [-0.2, 0) is 14.3 Å². The molecule has 3 atom stereocenters. The van der Waals surface area contributed by atoms with Gasteiger partial charge in [-0.25, -0.2) is 0 Å². The van der Waals surface area contributed by atoms with Crippen molar-refractivity contribution in [2.75, 3.05) is 6.61 Å². The molecule has 370 valence electrons. The largest absolute Gasteiger partial charge is 0.462 e. The fourth-order valence-corrected chi connectivity index (χ4v) is 8.08. The molecule has 0 saturated carbocycles. The molecule has 0 fully saturated rings. The minimum Gasteiger partial charge on any atom is -0.462 e. The summed E-state index contributed by atoms with van der Waals surface area (Å²) in [5, 5.41) is 23.8. The number of hydrogen-bond donors (Lipinski definition) is 3. The van der Waals surface area contributed by atoms with Crippen molar-refractivity contribution in [1.82, 2.24) is 5.32 Å². The highest BCUT2D eigenvalue weighted by Gasteiger charge is 2.24. The molecule has 6 nitrogen and oxygen atoms in total. The van der Waals surface area contributed by atoms with Gasteiger partial charge in [0.05, 0.1) is 25.2 Å². The van der Waals surface area contributed by atoms with Gasteiger partial charge >= 0.3 is 5.97 Å². The number of amides is 1. The highest BCUT2D eigenvalue weighted by molar-refractivity contribution is 5.77. The molecule has 1 amide bonds. The standard InChI is InChI=1S/C58H103NO5/c1-4-7-10-13-16-19-22-25-27-28-30-32-35-38-41-44-47-50-56(61)55(53-60)59-57(62)52-54(49-46-43-40-37-34-31-24-21-18-15-12-9-6-3)64-58(63)51-48-45-42-39-36-33-29-26-23-20-17-14-11-8-5-2/h8-9,11-12,14-15,17-18,20-21,23-24,54-56,60-61H,4-7,10,13,16,19,22,25-53H2,1-3H3,(H,59,62)/b11-8+,12-9+,17-14+,18-15+,23-20+,24-21+. The lowest BCUT2D eigenvalue weighted by atomic mass is 10.0. The molecule has 0 aromatic carbocycles. The van der Waals surface area contributed by atoms with Gasteiger partial charge in [0.1, 0.15) is 6.10 Å². The highest BCUT2D eigenvalue weighted by atomic mass is 16.5.